The van der Waals surface area contributed by atoms with Gasteiger partial charge in [-0.3, -0.25) is 4.79 Å². The second-order valence-electron chi connectivity index (χ2n) is 6.44. The van der Waals surface area contributed by atoms with E-state index in [4.69, 9.17) is 18.3 Å². The molecule has 8 nitrogen and oxygen atoms in total. The van der Waals surface area contributed by atoms with Crippen LogP contribution in [0.3, 0.4) is 0 Å². The number of nitrogens with zero attached hydrogens (tertiary/aromatic N) is 2. The second kappa shape index (κ2) is 8.48. The minimum absolute atomic E-state index is 0.216. The van der Waals surface area contributed by atoms with Crippen molar-refractivity contribution in [2.75, 3.05) is 12.1 Å². The highest BCUT2D eigenvalue weighted by Crippen LogP contribution is 2.35. The number of ether oxygens (including phenoxy) is 2. The van der Waals surface area contributed by atoms with Crippen LogP contribution in [0.2, 0.25) is 0 Å². The van der Waals surface area contributed by atoms with Crippen molar-refractivity contribution >= 4 is 39.3 Å². The summed E-state index contributed by atoms with van der Waals surface area (Å²) >= 11 is 4.73. The van der Waals surface area contributed by atoms with Gasteiger partial charge in [-0.05, 0) is 70.5 Å². The first-order valence-electron chi connectivity index (χ1n) is 9.16. The smallest absolute Gasteiger partial charge is 0.291 e. The average Bonchev–Trinajstić information content (AvgIpc) is 3.53. The van der Waals surface area contributed by atoms with Gasteiger partial charge in [-0.1, -0.05) is 0 Å². The highest BCUT2D eigenvalue weighted by molar-refractivity contribution is 9.10. The molecule has 5 rings (SSSR count). The number of benzene rings is 2. The zero-order chi connectivity index (χ0) is 21.2. The monoisotopic (exact) mass is 499 g/mol. The van der Waals surface area contributed by atoms with Crippen LogP contribution in [0.1, 0.15) is 16.4 Å². The van der Waals surface area contributed by atoms with Gasteiger partial charge in [0.05, 0.1) is 5.75 Å². The van der Waals surface area contributed by atoms with Gasteiger partial charge in [0.25, 0.3) is 5.91 Å². The fourth-order valence-electron chi connectivity index (χ4n) is 2.87. The number of furan rings is 1. The van der Waals surface area contributed by atoms with E-state index >= 15 is 0 Å². The van der Waals surface area contributed by atoms with Crippen molar-refractivity contribution in [1.29, 1.82) is 0 Å². The number of anilines is 1. The van der Waals surface area contributed by atoms with Crippen molar-refractivity contribution in [2.24, 2.45) is 0 Å². The van der Waals surface area contributed by atoms with Crippen LogP contribution in [0.5, 0.6) is 11.5 Å². The first-order valence-corrected chi connectivity index (χ1v) is 10.9. The summed E-state index contributed by atoms with van der Waals surface area (Å²) in [5.41, 5.74) is 1.45. The summed E-state index contributed by atoms with van der Waals surface area (Å²) in [7, 11) is 0. The van der Waals surface area contributed by atoms with E-state index in [9.17, 15) is 4.79 Å². The number of fused-ring (bicyclic) bond motifs is 1. The van der Waals surface area contributed by atoms with E-state index in [0.29, 0.717) is 39.4 Å². The van der Waals surface area contributed by atoms with Crippen LogP contribution in [-0.4, -0.2) is 22.9 Å². The molecule has 0 bridgehead atoms. The molecule has 0 saturated carbocycles. The molecule has 2 aromatic heterocycles. The van der Waals surface area contributed by atoms with E-state index in [1.54, 1.807) is 23.9 Å². The van der Waals surface area contributed by atoms with E-state index in [0.717, 1.165) is 10.5 Å². The standard InChI is InChI=1S/C21H14BrN3O5S/c22-18-8-7-16(29-18)20(26)23-13-2-4-14(5-3-13)31-10-19-24-25-21(30-19)12-1-6-15-17(9-12)28-11-27-15/h1-9H,10-11H2,(H,23,26). The average molecular weight is 500 g/mol. The van der Waals surface area contributed by atoms with E-state index in [1.807, 2.05) is 42.5 Å². The van der Waals surface area contributed by atoms with E-state index in [-0.39, 0.29) is 18.5 Å². The Morgan fingerprint density at radius 1 is 1.00 bits per heavy atom. The second-order valence-corrected chi connectivity index (χ2v) is 8.27. The van der Waals surface area contributed by atoms with Gasteiger partial charge in [-0.15, -0.1) is 22.0 Å². The van der Waals surface area contributed by atoms with Crippen LogP contribution in [0, 0.1) is 0 Å². The van der Waals surface area contributed by atoms with Gasteiger partial charge in [0, 0.05) is 16.1 Å². The van der Waals surface area contributed by atoms with Crippen LogP contribution in [0.4, 0.5) is 5.69 Å². The van der Waals surface area contributed by atoms with Crippen LogP contribution >= 0.6 is 27.7 Å². The Kier molecular flexibility index (Phi) is 5.39. The third-order valence-electron chi connectivity index (χ3n) is 4.36. The van der Waals surface area contributed by atoms with Crippen molar-refractivity contribution < 1.29 is 23.1 Å². The third kappa shape index (κ3) is 4.44. The number of hydrogen-bond acceptors (Lipinski definition) is 8. The number of thioether (sulfide) groups is 1. The third-order valence-corrected chi connectivity index (χ3v) is 5.78. The Bertz CT molecular complexity index is 1240. The molecule has 0 radical (unpaired) electrons. The topological polar surface area (TPSA) is 99.6 Å². The van der Waals surface area contributed by atoms with E-state index in [1.165, 1.54) is 0 Å². The number of carbonyl (C=O) groups excluding carboxylic acids is 1. The van der Waals surface area contributed by atoms with Gasteiger partial charge in [-0.2, -0.15) is 0 Å². The molecule has 0 unspecified atom stereocenters. The number of nitrogens with one attached hydrogen (secondary N) is 1. The van der Waals surface area contributed by atoms with Gasteiger partial charge in [-0.25, -0.2) is 0 Å². The molecule has 1 aliphatic heterocycles. The molecule has 0 fully saturated rings. The Morgan fingerprint density at radius 3 is 2.65 bits per heavy atom. The zero-order valence-corrected chi connectivity index (χ0v) is 18.2. The molecule has 3 heterocycles. The normalized spacial score (nSPS) is 12.2. The van der Waals surface area contributed by atoms with Gasteiger partial charge < -0.3 is 23.6 Å². The van der Waals surface area contributed by atoms with Gasteiger partial charge in [0.2, 0.25) is 18.6 Å². The summed E-state index contributed by atoms with van der Waals surface area (Å²) in [6, 6.07) is 16.2. The SMILES string of the molecule is O=C(Nc1ccc(SCc2nnc(-c3ccc4c(c3)OCO4)o2)cc1)c1ccc(Br)o1. The largest absolute Gasteiger partial charge is 0.454 e. The van der Waals surface area contributed by atoms with Gasteiger partial charge in [0.1, 0.15) is 0 Å². The van der Waals surface area contributed by atoms with Crippen LogP contribution in [0.25, 0.3) is 11.5 Å². The lowest BCUT2D eigenvalue weighted by molar-refractivity contribution is 0.0995. The molecule has 4 aromatic rings. The summed E-state index contributed by atoms with van der Waals surface area (Å²) < 4.78 is 22.2. The molecule has 0 spiro atoms. The highest BCUT2D eigenvalue weighted by Gasteiger charge is 2.17. The maximum Gasteiger partial charge on any atom is 0.291 e. The fourth-order valence-corrected chi connectivity index (χ4v) is 3.91. The van der Waals surface area contributed by atoms with Crippen LogP contribution in [0.15, 0.2) is 73.0 Å². The van der Waals surface area contributed by atoms with Crippen LogP contribution < -0.4 is 14.8 Å². The van der Waals surface area contributed by atoms with Gasteiger partial charge in [0.15, 0.2) is 21.9 Å². The molecule has 2 aromatic carbocycles. The lowest BCUT2D eigenvalue weighted by Gasteiger charge is -2.04. The van der Waals surface area contributed by atoms with Crippen molar-refractivity contribution in [2.45, 2.75) is 10.6 Å². The lowest BCUT2D eigenvalue weighted by Crippen LogP contribution is -2.10. The maximum absolute atomic E-state index is 12.1. The molecule has 156 valence electrons. The van der Waals surface area contributed by atoms with Gasteiger partial charge >= 0.3 is 0 Å². The summed E-state index contributed by atoms with van der Waals surface area (Å²) in [6.45, 7) is 0.216. The molecular formula is C21H14BrN3O5S. The van der Waals surface area contributed by atoms with Crippen molar-refractivity contribution in [3.63, 3.8) is 0 Å². The highest BCUT2D eigenvalue weighted by atomic mass is 79.9. The van der Waals surface area contributed by atoms with E-state index in [2.05, 4.69) is 31.4 Å². The lowest BCUT2D eigenvalue weighted by atomic mass is 10.2. The number of halogens is 1. The van der Waals surface area contributed by atoms with Crippen molar-refractivity contribution in [3.05, 3.63) is 70.9 Å². The number of amides is 1. The first-order chi connectivity index (χ1) is 15.1. The van der Waals surface area contributed by atoms with Crippen molar-refractivity contribution in [3.8, 4) is 23.0 Å². The molecule has 0 atom stereocenters. The summed E-state index contributed by atoms with van der Waals surface area (Å²) in [5.74, 6) is 2.75. The number of aromatic nitrogens is 2. The maximum atomic E-state index is 12.1. The molecule has 1 N–H and O–H groups in total. The molecule has 1 amide bonds. The Hall–Kier alpha value is -3.24. The molecule has 0 saturated heterocycles. The van der Waals surface area contributed by atoms with Crippen molar-refractivity contribution in [1.82, 2.24) is 10.2 Å². The fraction of sp³-hybridized carbons (Fsp3) is 0.0952. The number of carbonyl (C=O) groups is 1. The van der Waals surface area contributed by atoms with Crippen LogP contribution in [-0.2, 0) is 5.75 Å². The quantitative estimate of drug-likeness (QED) is 0.353. The summed E-state index contributed by atoms with van der Waals surface area (Å²) in [5, 5.41) is 11.0. The predicted molar refractivity (Wildman–Crippen MR) is 116 cm³/mol. The molecule has 1 aliphatic rings. The minimum atomic E-state index is -0.312. The molecule has 10 heteroatoms. The number of rotatable bonds is 6. The number of hydrogen-bond donors (Lipinski definition) is 1. The van der Waals surface area contributed by atoms with E-state index < -0.39 is 0 Å². The summed E-state index contributed by atoms with van der Waals surface area (Å²) in [4.78, 5) is 13.1. The predicted octanol–water partition coefficient (Wildman–Crippen LogP) is 5.37. The Balaban J connectivity index is 1.18. The Labute approximate surface area is 189 Å². The zero-order valence-electron chi connectivity index (χ0n) is 15.8. The summed E-state index contributed by atoms with van der Waals surface area (Å²) in [6.07, 6.45) is 0. The Morgan fingerprint density at radius 2 is 1.84 bits per heavy atom. The molecule has 31 heavy (non-hydrogen) atoms. The first kappa shape index (κ1) is 19.7. The molecular weight excluding hydrogens is 486 g/mol. The minimum Gasteiger partial charge on any atom is -0.454 e. The molecule has 0 aliphatic carbocycles.